The van der Waals surface area contributed by atoms with Crippen LogP contribution in [0.2, 0.25) is 0 Å². The summed E-state index contributed by atoms with van der Waals surface area (Å²) in [4.78, 5) is 18.3. The average Bonchev–Trinajstić information content (AvgIpc) is 3.67. The van der Waals surface area contributed by atoms with E-state index in [4.69, 9.17) is 14.6 Å². The number of aliphatic imine (C=N–C) groups is 3. The van der Waals surface area contributed by atoms with E-state index in [-0.39, 0.29) is 66.8 Å². The van der Waals surface area contributed by atoms with Crippen molar-refractivity contribution in [1.29, 1.82) is 0 Å². The van der Waals surface area contributed by atoms with Crippen molar-refractivity contribution in [3.8, 4) is 5.75 Å². The Hall–Kier alpha value is -6.40. The molecule has 4 bridgehead atoms. The molecule has 0 N–H and O–H groups in total. The second-order valence-corrected chi connectivity index (χ2v) is 11.6. The number of amidine groups is 2. The first-order chi connectivity index (χ1) is 23.7. The first kappa shape index (κ1) is 27.7. The minimum absolute atomic E-state index is 0.0258. The number of nitrogens with zero attached hydrogens (tertiary/aromatic N) is 6. The fourth-order valence-corrected chi connectivity index (χ4v) is 6.70. The molecule has 14 heteroatoms. The Morgan fingerprint density at radius 1 is 0.551 bits per heavy atom. The molecule has 2 aromatic heterocycles. The Kier molecular flexibility index (Phi) is 5.42. The molecule has 0 saturated heterocycles. The van der Waals surface area contributed by atoms with Crippen molar-refractivity contribution in [1.82, 2.24) is 8.96 Å². The van der Waals surface area contributed by atoms with Crippen LogP contribution in [0.5, 0.6) is 5.75 Å². The standard InChI is InChI=1S/C35H13BF6N6O/c37-23-8-17-20(11-26(23)40)34-46-35-22-13-28(42)27(41)12-21(22)33-45-32-19-10-25(39)24(38)9-18(19)31(44-32)43-14-29(17)47(34)36(48(33)35)49-30-7-3-5-15-4-1-2-6-16(15)30/h1-13H. The van der Waals surface area contributed by atoms with Gasteiger partial charge < -0.3 is 9.13 Å². The third kappa shape index (κ3) is 3.77. The van der Waals surface area contributed by atoms with Gasteiger partial charge >= 0.3 is 7.19 Å². The molecule has 49 heavy (non-hydrogen) atoms. The lowest BCUT2D eigenvalue weighted by Crippen LogP contribution is -2.52. The molecule has 0 spiro atoms. The van der Waals surface area contributed by atoms with Gasteiger partial charge in [-0.15, -0.1) is 0 Å². The maximum atomic E-state index is 15.0. The third-order valence-corrected chi connectivity index (χ3v) is 8.89. The maximum Gasteiger partial charge on any atom is 0.632 e. The van der Waals surface area contributed by atoms with E-state index in [1.165, 1.54) is 8.96 Å². The topological polar surface area (TPSA) is 68.5 Å². The van der Waals surface area contributed by atoms with Crippen molar-refractivity contribution >= 4 is 68.7 Å². The van der Waals surface area contributed by atoms with Crippen molar-refractivity contribution < 1.29 is 31.0 Å². The highest BCUT2D eigenvalue weighted by molar-refractivity contribution is 6.52. The van der Waals surface area contributed by atoms with Gasteiger partial charge in [0.1, 0.15) is 28.2 Å². The van der Waals surface area contributed by atoms with Crippen molar-refractivity contribution in [2.75, 3.05) is 0 Å². The van der Waals surface area contributed by atoms with Gasteiger partial charge in [0.25, 0.3) is 0 Å². The first-order valence-electron chi connectivity index (χ1n) is 14.8. The minimum atomic E-state index is -1.31. The molecule has 0 saturated carbocycles. The zero-order chi connectivity index (χ0) is 33.3. The van der Waals surface area contributed by atoms with Crippen LogP contribution in [0.4, 0.5) is 38.0 Å². The Balaban J connectivity index is 1.43. The highest BCUT2D eigenvalue weighted by Gasteiger charge is 2.40. The van der Waals surface area contributed by atoms with Gasteiger partial charge in [-0.25, -0.2) is 41.3 Å². The van der Waals surface area contributed by atoms with Crippen molar-refractivity contribution in [2.45, 2.75) is 0 Å². The second-order valence-electron chi connectivity index (χ2n) is 11.6. The Morgan fingerprint density at radius 3 is 1.88 bits per heavy atom. The van der Waals surface area contributed by atoms with Gasteiger partial charge in [0.05, 0.1) is 0 Å². The lowest BCUT2D eigenvalue weighted by molar-refractivity contribution is 0.508. The molecule has 5 aromatic carbocycles. The van der Waals surface area contributed by atoms with Crippen molar-refractivity contribution in [2.24, 2.45) is 20.0 Å². The zero-order valence-corrected chi connectivity index (χ0v) is 24.4. The summed E-state index contributed by atoms with van der Waals surface area (Å²) in [6.45, 7) is 0. The van der Waals surface area contributed by atoms with E-state index in [1.807, 2.05) is 30.3 Å². The summed E-state index contributed by atoms with van der Waals surface area (Å²) in [5.41, 5.74) is 0.225. The molecule has 7 nitrogen and oxygen atoms in total. The highest BCUT2D eigenvalue weighted by Crippen LogP contribution is 2.42. The molecule has 10 rings (SSSR count). The SMILES string of the molecule is Fc1cc2c(cc1F)C1=Nc3c4cc(F)c(F)cc4c4n3B(Oc3cccc5ccccc35)n3c(c5cc(F)c(F)cc5c3=N4)=C=NC2=N1. The molecular formula is C35H13BF6N6O. The smallest absolute Gasteiger partial charge is 0.522 e. The predicted octanol–water partition coefficient (Wildman–Crippen LogP) is 6.50. The van der Waals surface area contributed by atoms with E-state index in [0.29, 0.717) is 11.1 Å². The summed E-state index contributed by atoms with van der Waals surface area (Å²) in [5.74, 6) is -3.97. The quantitative estimate of drug-likeness (QED) is 0.155. The van der Waals surface area contributed by atoms with E-state index >= 15 is 0 Å². The lowest BCUT2D eigenvalue weighted by Gasteiger charge is -2.23. The Morgan fingerprint density at radius 2 is 1.14 bits per heavy atom. The summed E-state index contributed by atoms with van der Waals surface area (Å²) < 4.78 is 98.5. The molecule has 0 fully saturated rings. The van der Waals surface area contributed by atoms with Gasteiger partial charge in [0, 0.05) is 43.9 Å². The van der Waals surface area contributed by atoms with Gasteiger partial charge in [-0.3, -0.25) is 4.48 Å². The largest absolute Gasteiger partial charge is 0.632 e. The summed E-state index contributed by atoms with van der Waals surface area (Å²) >= 11 is 0. The van der Waals surface area contributed by atoms with E-state index in [1.54, 1.807) is 12.1 Å². The van der Waals surface area contributed by atoms with E-state index < -0.39 is 42.1 Å². The van der Waals surface area contributed by atoms with Gasteiger partial charge in [0.2, 0.25) is 0 Å². The Labute approximate surface area is 269 Å². The van der Waals surface area contributed by atoms with Crippen molar-refractivity contribution in [3.63, 3.8) is 0 Å². The van der Waals surface area contributed by atoms with Crippen LogP contribution in [0.15, 0.2) is 98.8 Å². The molecule has 0 aliphatic carbocycles. The van der Waals surface area contributed by atoms with Crippen LogP contribution in [-0.4, -0.2) is 33.7 Å². The highest BCUT2D eigenvalue weighted by atomic mass is 19.2. The van der Waals surface area contributed by atoms with Crippen LogP contribution in [0, 0.1) is 34.9 Å². The average molecular weight is 658 g/mol. The number of aromatic nitrogens is 2. The molecule has 3 aliphatic heterocycles. The molecule has 0 radical (unpaired) electrons. The van der Waals surface area contributed by atoms with Gasteiger partial charge in [-0.1, -0.05) is 36.4 Å². The van der Waals surface area contributed by atoms with E-state index in [0.717, 1.165) is 41.8 Å². The fourth-order valence-electron chi connectivity index (χ4n) is 6.70. The summed E-state index contributed by atoms with van der Waals surface area (Å²) in [6.07, 6.45) is 0. The van der Waals surface area contributed by atoms with Gasteiger partial charge in [-0.05, 0) is 47.9 Å². The molecular weight excluding hydrogens is 645 g/mol. The van der Waals surface area contributed by atoms with Crippen LogP contribution in [0.25, 0.3) is 32.3 Å². The van der Waals surface area contributed by atoms with Crippen LogP contribution in [0.3, 0.4) is 0 Å². The lowest BCUT2D eigenvalue weighted by atomic mass is 9.97. The molecule has 7 aromatic rings. The number of hydrogen-bond donors (Lipinski definition) is 0. The molecule has 0 amide bonds. The third-order valence-electron chi connectivity index (χ3n) is 8.89. The van der Waals surface area contributed by atoms with Crippen LogP contribution in [-0.2, 0) is 0 Å². The molecule has 0 atom stereocenters. The number of benzene rings is 5. The minimum Gasteiger partial charge on any atom is -0.522 e. The monoisotopic (exact) mass is 658 g/mol. The predicted molar refractivity (Wildman–Crippen MR) is 171 cm³/mol. The van der Waals surface area contributed by atoms with Crippen LogP contribution < -0.4 is 15.5 Å². The van der Waals surface area contributed by atoms with Crippen LogP contribution in [0.1, 0.15) is 11.1 Å². The van der Waals surface area contributed by atoms with Crippen LogP contribution >= 0.6 is 0 Å². The number of halogens is 6. The number of hydrogen-bond acceptors (Lipinski definition) is 5. The van der Waals surface area contributed by atoms with Gasteiger partial charge in [0.15, 0.2) is 46.6 Å². The summed E-state index contributed by atoms with van der Waals surface area (Å²) in [5, 5.41) is 2.08. The first-order valence-corrected chi connectivity index (χ1v) is 14.8. The maximum absolute atomic E-state index is 15.0. The Bertz CT molecular complexity index is 2940. The number of fused-ring (bicyclic) bond motifs is 11. The van der Waals surface area contributed by atoms with Crippen molar-refractivity contribution in [3.05, 3.63) is 136 Å². The zero-order valence-electron chi connectivity index (χ0n) is 24.4. The fraction of sp³-hybridized carbons (Fsp3) is 0. The number of rotatable bonds is 2. The second kappa shape index (κ2) is 9.58. The molecule has 3 aliphatic rings. The molecule has 0 unspecified atom stereocenters. The van der Waals surface area contributed by atoms with Gasteiger partial charge in [-0.2, -0.15) is 4.99 Å². The molecule has 5 heterocycles. The summed E-state index contributed by atoms with van der Waals surface area (Å²) in [7, 11) is -1.31. The van der Waals surface area contributed by atoms with E-state index in [9.17, 15) is 26.3 Å². The molecule has 234 valence electrons. The van der Waals surface area contributed by atoms with E-state index in [2.05, 4.69) is 15.9 Å². The normalized spacial score (nSPS) is 14.0. The summed E-state index contributed by atoms with van der Waals surface area (Å²) in [6, 6.07) is 18.5.